The number of amidine groups is 1. The summed E-state index contributed by atoms with van der Waals surface area (Å²) in [6.07, 6.45) is 6.55. The summed E-state index contributed by atoms with van der Waals surface area (Å²) in [6.45, 7) is 0. The molecule has 6 nitrogen and oxygen atoms in total. The number of quaternary nitrogens is 1. The van der Waals surface area contributed by atoms with Gasteiger partial charge in [0.2, 0.25) is 5.70 Å². The van der Waals surface area contributed by atoms with Gasteiger partial charge in [0.15, 0.2) is 0 Å². The standard InChI is InChI=1S/C23H20N5OS/c24-28-8-7-25-13-20(28)22(16-10-17(29)11-16)27-23(28)15-4-3-14-5-6-18(26-19(14)12-15)21-2-1-9-30-21/h1-9,12-13,16-17,29H,10-11,24H2/q+1. The lowest BCUT2D eigenvalue weighted by Gasteiger charge is -2.31. The van der Waals surface area contributed by atoms with Crippen molar-refractivity contribution in [2.24, 2.45) is 21.7 Å². The Bertz CT molecular complexity index is 1280. The summed E-state index contributed by atoms with van der Waals surface area (Å²) in [6, 6.07) is 14.5. The van der Waals surface area contributed by atoms with Crippen molar-refractivity contribution in [3.63, 3.8) is 0 Å². The summed E-state index contributed by atoms with van der Waals surface area (Å²) in [5.41, 5.74) is 4.63. The van der Waals surface area contributed by atoms with E-state index in [0.717, 1.165) is 57.1 Å². The zero-order valence-electron chi connectivity index (χ0n) is 16.1. The number of thiophene rings is 1. The molecule has 3 aliphatic rings. The van der Waals surface area contributed by atoms with Crippen molar-refractivity contribution in [1.29, 1.82) is 0 Å². The van der Waals surface area contributed by atoms with E-state index in [1.807, 2.05) is 12.3 Å². The first-order chi connectivity index (χ1) is 14.6. The minimum Gasteiger partial charge on any atom is -0.393 e. The van der Waals surface area contributed by atoms with E-state index in [1.165, 1.54) is 0 Å². The molecular formula is C23H20N5OS+. The molecular weight excluding hydrogens is 394 g/mol. The van der Waals surface area contributed by atoms with E-state index in [9.17, 15) is 5.11 Å². The van der Waals surface area contributed by atoms with Gasteiger partial charge in [0.25, 0.3) is 5.84 Å². The van der Waals surface area contributed by atoms with Crippen LogP contribution in [0.15, 0.2) is 81.6 Å². The second-order valence-electron chi connectivity index (χ2n) is 7.96. The summed E-state index contributed by atoms with van der Waals surface area (Å²) in [5, 5.41) is 12.9. The topological polar surface area (TPSA) is 83.9 Å². The molecule has 1 unspecified atom stereocenters. The third-order valence-electron chi connectivity index (χ3n) is 6.05. The average molecular weight is 415 g/mol. The third-order valence-corrected chi connectivity index (χ3v) is 6.94. The molecule has 3 aromatic rings. The summed E-state index contributed by atoms with van der Waals surface area (Å²) < 4.78 is 0.00154. The van der Waals surface area contributed by atoms with Crippen LogP contribution >= 0.6 is 11.3 Å². The van der Waals surface area contributed by atoms with Gasteiger partial charge in [-0.15, -0.1) is 15.9 Å². The smallest absolute Gasteiger partial charge is 0.264 e. The Labute approximate surface area is 177 Å². The van der Waals surface area contributed by atoms with Crippen LogP contribution in [0.3, 0.4) is 0 Å². The van der Waals surface area contributed by atoms with Crippen LogP contribution in [0.2, 0.25) is 0 Å². The van der Waals surface area contributed by atoms with E-state index in [0.29, 0.717) is 0 Å². The molecule has 4 heterocycles. The summed E-state index contributed by atoms with van der Waals surface area (Å²) in [5.74, 6) is 7.80. The molecule has 0 spiro atoms. The fourth-order valence-electron chi connectivity index (χ4n) is 4.34. The lowest BCUT2D eigenvalue weighted by Crippen LogP contribution is -2.53. The minimum absolute atomic E-state index is 0.00154. The molecule has 148 valence electrons. The first-order valence-electron chi connectivity index (χ1n) is 9.97. The van der Waals surface area contributed by atoms with Crippen molar-refractivity contribution < 1.29 is 9.70 Å². The minimum atomic E-state index is -0.251. The first-order valence-corrected chi connectivity index (χ1v) is 10.8. The number of aromatic nitrogens is 1. The molecule has 0 saturated heterocycles. The highest BCUT2D eigenvalue weighted by atomic mass is 32.1. The summed E-state index contributed by atoms with van der Waals surface area (Å²) in [4.78, 5) is 15.3. The fraction of sp³-hybridized carbons (Fsp3) is 0.174. The van der Waals surface area contributed by atoms with Gasteiger partial charge >= 0.3 is 0 Å². The molecule has 1 saturated carbocycles. The van der Waals surface area contributed by atoms with Gasteiger partial charge in [0, 0.05) is 11.3 Å². The number of pyridine rings is 1. The van der Waals surface area contributed by atoms with Crippen molar-refractivity contribution in [2.75, 3.05) is 0 Å². The molecule has 3 N–H and O–H groups in total. The van der Waals surface area contributed by atoms with Gasteiger partial charge in [-0.2, -0.15) is 10.8 Å². The van der Waals surface area contributed by atoms with Gasteiger partial charge < -0.3 is 5.11 Å². The van der Waals surface area contributed by atoms with Gasteiger partial charge in [-0.25, -0.2) is 4.98 Å². The van der Waals surface area contributed by atoms with Crippen LogP contribution in [-0.2, 0) is 0 Å². The Hall–Kier alpha value is -2.97. The van der Waals surface area contributed by atoms with Crippen LogP contribution in [-0.4, -0.2) is 32.8 Å². The van der Waals surface area contributed by atoms with Gasteiger partial charge in [-0.05, 0) is 42.5 Å². The second-order valence-corrected chi connectivity index (χ2v) is 8.91. The molecule has 30 heavy (non-hydrogen) atoms. The molecule has 6 rings (SSSR count). The number of aliphatic hydroxyl groups excluding tert-OH is 1. The van der Waals surface area contributed by atoms with Crippen LogP contribution in [0.5, 0.6) is 0 Å². The molecule has 2 aliphatic heterocycles. The fourth-order valence-corrected chi connectivity index (χ4v) is 5.03. The zero-order chi connectivity index (χ0) is 20.3. The molecule has 0 radical (unpaired) electrons. The highest BCUT2D eigenvalue weighted by molar-refractivity contribution is 7.13. The van der Waals surface area contributed by atoms with Gasteiger partial charge in [0.05, 0.1) is 40.2 Å². The average Bonchev–Trinajstić information content (AvgIpc) is 3.37. The predicted molar refractivity (Wildman–Crippen MR) is 119 cm³/mol. The number of hydrogen-bond acceptors (Lipinski definition) is 6. The number of nitrogens with two attached hydrogens (primary N) is 1. The third kappa shape index (κ3) is 2.64. The molecule has 0 bridgehead atoms. The Kier molecular flexibility index (Phi) is 3.88. The van der Waals surface area contributed by atoms with E-state index >= 15 is 0 Å². The van der Waals surface area contributed by atoms with E-state index in [4.69, 9.17) is 15.8 Å². The number of fused-ring (bicyclic) bond motifs is 2. The van der Waals surface area contributed by atoms with Crippen molar-refractivity contribution >= 4 is 34.3 Å². The molecule has 1 atom stereocenters. The largest absolute Gasteiger partial charge is 0.393 e. The molecule has 7 heteroatoms. The number of allylic oxidation sites excluding steroid dienone is 2. The lowest BCUT2D eigenvalue weighted by molar-refractivity contribution is -0.750. The number of nitrogens with zero attached hydrogens (tertiary/aromatic N) is 4. The van der Waals surface area contributed by atoms with E-state index < -0.39 is 0 Å². The molecule has 1 aliphatic carbocycles. The van der Waals surface area contributed by atoms with Crippen LogP contribution in [0.4, 0.5) is 0 Å². The number of aliphatic imine (C=N–C) groups is 2. The maximum absolute atomic E-state index is 9.78. The van der Waals surface area contributed by atoms with E-state index in [2.05, 4.69) is 46.8 Å². The Balaban J connectivity index is 1.45. The quantitative estimate of drug-likeness (QED) is 0.503. The van der Waals surface area contributed by atoms with E-state index in [-0.39, 0.29) is 16.6 Å². The molecule has 2 aromatic heterocycles. The van der Waals surface area contributed by atoms with Crippen LogP contribution in [0.1, 0.15) is 18.4 Å². The Morgan fingerprint density at radius 1 is 1.13 bits per heavy atom. The number of rotatable bonds is 3. The van der Waals surface area contributed by atoms with Crippen LogP contribution in [0.25, 0.3) is 21.5 Å². The summed E-state index contributed by atoms with van der Waals surface area (Å²) >= 11 is 1.68. The van der Waals surface area contributed by atoms with Crippen LogP contribution in [0, 0.1) is 5.92 Å². The van der Waals surface area contributed by atoms with Gasteiger partial charge in [-0.1, -0.05) is 18.2 Å². The lowest BCUT2D eigenvalue weighted by atomic mass is 9.79. The maximum Gasteiger partial charge on any atom is 0.264 e. The normalized spacial score (nSPS) is 27.3. The summed E-state index contributed by atoms with van der Waals surface area (Å²) in [7, 11) is 0. The van der Waals surface area contributed by atoms with Crippen molar-refractivity contribution in [1.82, 2.24) is 4.98 Å². The highest BCUT2D eigenvalue weighted by Crippen LogP contribution is 2.42. The monoisotopic (exact) mass is 414 g/mol. The number of hydrogen-bond donors (Lipinski definition) is 2. The van der Waals surface area contributed by atoms with Gasteiger partial charge in [0.1, 0.15) is 11.9 Å². The van der Waals surface area contributed by atoms with Crippen LogP contribution < -0.4 is 5.84 Å². The number of benzene rings is 1. The number of aliphatic hydroxyl groups is 1. The Morgan fingerprint density at radius 2 is 2.00 bits per heavy atom. The zero-order valence-corrected chi connectivity index (χ0v) is 17.0. The molecule has 0 amide bonds. The predicted octanol–water partition coefficient (Wildman–Crippen LogP) is 3.95. The highest BCUT2D eigenvalue weighted by Gasteiger charge is 2.47. The van der Waals surface area contributed by atoms with Gasteiger partial charge in [-0.3, -0.25) is 4.99 Å². The molecule has 1 aromatic carbocycles. The Morgan fingerprint density at radius 3 is 2.80 bits per heavy atom. The second kappa shape index (κ2) is 6.52. The molecule has 1 fully saturated rings. The SMILES string of the molecule is N[N+]12C=CN=CC1=C(C1CC(O)C1)N=C2c1ccc2ccc(-c3cccs3)nc2c1. The first kappa shape index (κ1) is 17.9. The van der Waals surface area contributed by atoms with E-state index in [1.54, 1.807) is 23.8 Å². The maximum atomic E-state index is 9.78. The van der Waals surface area contributed by atoms with Crippen molar-refractivity contribution in [2.45, 2.75) is 18.9 Å². The van der Waals surface area contributed by atoms with Crippen molar-refractivity contribution in [3.05, 3.63) is 77.2 Å². The van der Waals surface area contributed by atoms with Crippen molar-refractivity contribution in [3.8, 4) is 10.6 Å².